The molecule has 0 bridgehead atoms. The molecule has 5 nitrogen and oxygen atoms in total. The second-order valence-corrected chi connectivity index (χ2v) is 7.56. The fraction of sp³-hybridized carbons (Fsp3) is 0.579. The first-order valence-electron chi connectivity index (χ1n) is 9.20. The first kappa shape index (κ1) is 21.0. The van der Waals surface area contributed by atoms with Crippen LogP contribution in [0.2, 0.25) is 10.0 Å². The third-order valence-electron chi connectivity index (χ3n) is 4.84. The molecule has 0 aliphatic carbocycles. The van der Waals surface area contributed by atoms with Gasteiger partial charge in [0.1, 0.15) is 0 Å². The third kappa shape index (κ3) is 5.86. The van der Waals surface area contributed by atoms with Gasteiger partial charge in [-0.25, -0.2) is 0 Å². The maximum Gasteiger partial charge on any atom is 0.241 e. The number of carbonyl (C=O) groups excluding carboxylic acids is 2. The van der Waals surface area contributed by atoms with Crippen molar-refractivity contribution in [3.05, 3.63) is 28.2 Å². The molecule has 1 heterocycles. The number of piperidine rings is 1. The van der Waals surface area contributed by atoms with Gasteiger partial charge in [0.15, 0.2) is 0 Å². The summed E-state index contributed by atoms with van der Waals surface area (Å²) in [5.41, 5.74) is 0.626. The van der Waals surface area contributed by atoms with Gasteiger partial charge in [-0.1, -0.05) is 36.5 Å². The van der Waals surface area contributed by atoms with Crippen LogP contribution < -0.4 is 10.6 Å². The fourth-order valence-corrected chi connectivity index (χ4v) is 3.37. The molecule has 1 unspecified atom stereocenters. The molecule has 1 aromatic carbocycles. The molecule has 2 N–H and O–H groups in total. The summed E-state index contributed by atoms with van der Waals surface area (Å²) in [5, 5.41) is 6.74. The molecule has 26 heavy (non-hydrogen) atoms. The van der Waals surface area contributed by atoms with E-state index in [0.717, 1.165) is 45.3 Å². The van der Waals surface area contributed by atoms with Gasteiger partial charge >= 0.3 is 0 Å². The van der Waals surface area contributed by atoms with Crippen molar-refractivity contribution in [1.29, 1.82) is 0 Å². The molecule has 144 valence electrons. The number of hydrogen-bond acceptors (Lipinski definition) is 3. The Kier molecular flexibility index (Phi) is 8.19. The first-order chi connectivity index (χ1) is 12.4. The van der Waals surface area contributed by atoms with Crippen LogP contribution in [0.15, 0.2) is 18.2 Å². The van der Waals surface area contributed by atoms with Gasteiger partial charge in [0, 0.05) is 18.2 Å². The molecular weight excluding hydrogens is 373 g/mol. The Labute approximate surface area is 165 Å². The maximum absolute atomic E-state index is 12.5. The molecule has 2 amide bonds. The van der Waals surface area contributed by atoms with Crippen LogP contribution in [-0.2, 0) is 9.59 Å². The minimum absolute atomic E-state index is 0.0495. The Hall–Kier alpha value is -1.30. The van der Waals surface area contributed by atoms with Crippen LogP contribution in [0.25, 0.3) is 0 Å². The molecule has 1 aliphatic heterocycles. The highest BCUT2D eigenvalue weighted by molar-refractivity contribution is 6.42. The quantitative estimate of drug-likeness (QED) is 0.682. The van der Waals surface area contributed by atoms with Gasteiger partial charge < -0.3 is 10.6 Å². The topological polar surface area (TPSA) is 61.4 Å². The molecule has 1 fully saturated rings. The number of carbonyl (C=O) groups is 2. The Morgan fingerprint density at radius 2 is 1.92 bits per heavy atom. The predicted octanol–water partition coefficient (Wildman–Crippen LogP) is 3.95. The number of benzene rings is 1. The van der Waals surface area contributed by atoms with Crippen LogP contribution in [-0.4, -0.2) is 42.4 Å². The average molecular weight is 400 g/mol. The zero-order chi connectivity index (χ0) is 19.1. The van der Waals surface area contributed by atoms with Crippen LogP contribution in [0.5, 0.6) is 0 Å². The number of amides is 2. The molecule has 1 aromatic rings. The molecule has 0 saturated carbocycles. The number of nitrogens with zero attached hydrogens (tertiary/aromatic N) is 1. The van der Waals surface area contributed by atoms with E-state index in [9.17, 15) is 9.59 Å². The minimum Gasteiger partial charge on any atom is -0.356 e. The van der Waals surface area contributed by atoms with Crippen LogP contribution >= 0.6 is 23.2 Å². The normalized spacial score (nSPS) is 16.9. The van der Waals surface area contributed by atoms with E-state index in [1.54, 1.807) is 18.2 Å². The van der Waals surface area contributed by atoms with Gasteiger partial charge in [-0.05, 0) is 57.5 Å². The smallest absolute Gasteiger partial charge is 0.241 e. The zero-order valence-corrected chi connectivity index (χ0v) is 16.9. The van der Waals surface area contributed by atoms with E-state index < -0.39 is 0 Å². The van der Waals surface area contributed by atoms with Crippen LogP contribution in [0.1, 0.15) is 39.5 Å². The summed E-state index contributed by atoms with van der Waals surface area (Å²) in [4.78, 5) is 26.8. The predicted molar refractivity (Wildman–Crippen MR) is 107 cm³/mol. The molecule has 1 saturated heterocycles. The largest absolute Gasteiger partial charge is 0.356 e. The van der Waals surface area contributed by atoms with Crippen molar-refractivity contribution in [3.8, 4) is 0 Å². The van der Waals surface area contributed by atoms with Gasteiger partial charge in [-0.2, -0.15) is 0 Å². The molecule has 0 radical (unpaired) electrons. The summed E-state index contributed by atoms with van der Waals surface area (Å²) in [6.07, 6.45) is 3.64. The monoisotopic (exact) mass is 399 g/mol. The summed E-state index contributed by atoms with van der Waals surface area (Å²) in [6.45, 7) is 6.21. The summed E-state index contributed by atoms with van der Waals surface area (Å²) in [6, 6.07) is 4.76. The lowest BCUT2D eigenvalue weighted by Gasteiger charge is -2.34. The number of rotatable bonds is 7. The SMILES string of the molecule is CCCCNC(=O)C1CCN(C(C)C(=O)Nc2ccc(Cl)c(Cl)c2)CC1. The summed E-state index contributed by atoms with van der Waals surface area (Å²) < 4.78 is 0. The second kappa shape index (κ2) is 10.1. The Bertz CT molecular complexity index is 631. The number of hydrogen-bond donors (Lipinski definition) is 2. The molecular formula is C19H27Cl2N3O2. The van der Waals surface area contributed by atoms with E-state index in [1.165, 1.54) is 0 Å². The molecule has 1 aliphatic rings. The van der Waals surface area contributed by atoms with Crippen molar-refractivity contribution in [2.24, 2.45) is 5.92 Å². The molecule has 0 aromatic heterocycles. The second-order valence-electron chi connectivity index (χ2n) is 6.75. The highest BCUT2D eigenvalue weighted by Crippen LogP contribution is 2.25. The number of anilines is 1. The number of nitrogens with one attached hydrogen (secondary N) is 2. The van der Waals surface area contributed by atoms with E-state index in [0.29, 0.717) is 15.7 Å². The molecule has 0 spiro atoms. The lowest BCUT2D eigenvalue weighted by atomic mass is 9.95. The van der Waals surface area contributed by atoms with Crippen LogP contribution in [0.4, 0.5) is 5.69 Å². The van der Waals surface area contributed by atoms with Crippen molar-refractivity contribution in [2.45, 2.75) is 45.6 Å². The van der Waals surface area contributed by atoms with Gasteiger partial charge in [-0.15, -0.1) is 0 Å². The highest BCUT2D eigenvalue weighted by Gasteiger charge is 2.29. The van der Waals surface area contributed by atoms with E-state index in [2.05, 4.69) is 22.5 Å². The average Bonchev–Trinajstić information content (AvgIpc) is 2.64. The van der Waals surface area contributed by atoms with Crippen molar-refractivity contribution < 1.29 is 9.59 Å². The van der Waals surface area contributed by atoms with Gasteiger partial charge in [-0.3, -0.25) is 14.5 Å². The fourth-order valence-electron chi connectivity index (χ4n) is 3.07. The van der Waals surface area contributed by atoms with Crippen molar-refractivity contribution >= 4 is 40.7 Å². The van der Waals surface area contributed by atoms with Gasteiger partial charge in [0.2, 0.25) is 11.8 Å². The Balaban J connectivity index is 1.81. The van der Waals surface area contributed by atoms with Crippen molar-refractivity contribution in [2.75, 3.05) is 25.0 Å². The standard InChI is InChI=1S/C19H27Cl2N3O2/c1-3-4-9-22-19(26)14-7-10-24(11-8-14)13(2)18(25)23-15-5-6-16(20)17(21)12-15/h5-6,12-14H,3-4,7-11H2,1-2H3,(H,22,26)(H,23,25). The van der Waals surface area contributed by atoms with Crippen molar-refractivity contribution in [3.63, 3.8) is 0 Å². The molecule has 7 heteroatoms. The number of unbranched alkanes of at least 4 members (excludes halogenated alkanes) is 1. The van der Waals surface area contributed by atoms with Crippen LogP contribution in [0, 0.1) is 5.92 Å². The lowest BCUT2D eigenvalue weighted by Crippen LogP contribution is -2.48. The summed E-state index contributed by atoms with van der Waals surface area (Å²) >= 11 is 11.9. The highest BCUT2D eigenvalue weighted by atomic mass is 35.5. The van der Waals surface area contributed by atoms with Crippen molar-refractivity contribution in [1.82, 2.24) is 10.2 Å². The maximum atomic E-state index is 12.5. The van der Waals surface area contributed by atoms with Crippen LogP contribution in [0.3, 0.4) is 0 Å². The van der Waals surface area contributed by atoms with E-state index in [4.69, 9.17) is 23.2 Å². The number of halogens is 2. The van der Waals surface area contributed by atoms with Gasteiger partial charge in [0.05, 0.1) is 16.1 Å². The van der Waals surface area contributed by atoms with Gasteiger partial charge in [0.25, 0.3) is 0 Å². The van der Waals surface area contributed by atoms with E-state index in [1.807, 2.05) is 6.92 Å². The first-order valence-corrected chi connectivity index (χ1v) is 9.95. The minimum atomic E-state index is -0.270. The molecule has 1 atom stereocenters. The van der Waals surface area contributed by atoms with E-state index >= 15 is 0 Å². The Morgan fingerprint density at radius 1 is 1.23 bits per heavy atom. The van der Waals surface area contributed by atoms with E-state index in [-0.39, 0.29) is 23.8 Å². The molecule has 2 rings (SSSR count). The number of likely N-dealkylation sites (tertiary alicyclic amines) is 1. The lowest BCUT2D eigenvalue weighted by molar-refractivity contribution is -0.127. The summed E-state index contributed by atoms with van der Waals surface area (Å²) in [7, 11) is 0. The zero-order valence-electron chi connectivity index (χ0n) is 15.4. The third-order valence-corrected chi connectivity index (χ3v) is 5.58. The summed E-state index contributed by atoms with van der Waals surface area (Å²) in [5.74, 6) is 0.105. The Morgan fingerprint density at radius 3 is 2.54 bits per heavy atom.